The Morgan fingerprint density at radius 3 is 2.43 bits per heavy atom. The highest BCUT2D eigenvalue weighted by Gasteiger charge is 2.42. The summed E-state index contributed by atoms with van der Waals surface area (Å²) in [4.78, 5) is 0. The molecule has 1 aliphatic rings. The SMILES string of the molecule is CCOC1(OCC)CCNCC1OC. The van der Waals surface area contributed by atoms with E-state index in [-0.39, 0.29) is 6.10 Å². The second kappa shape index (κ2) is 5.66. The van der Waals surface area contributed by atoms with E-state index >= 15 is 0 Å². The van der Waals surface area contributed by atoms with Crippen molar-refractivity contribution >= 4 is 0 Å². The second-order valence-electron chi connectivity index (χ2n) is 3.36. The summed E-state index contributed by atoms with van der Waals surface area (Å²) in [6.07, 6.45) is 0.823. The van der Waals surface area contributed by atoms with E-state index in [0.717, 1.165) is 19.5 Å². The maximum Gasteiger partial charge on any atom is 0.197 e. The van der Waals surface area contributed by atoms with Gasteiger partial charge in [-0.05, 0) is 13.8 Å². The zero-order valence-corrected chi connectivity index (χ0v) is 9.34. The van der Waals surface area contributed by atoms with E-state index in [9.17, 15) is 0 Å². The fourth-order valence-corrected chi connectivity index (χ4v) is 1.94. The number of hydrogen-bond acceptors (Lipinski definition) is 4. The topological polar surface area (TPSA) is 39.7 Å². The van der Waals surface area contributed by atoms with Gasteiger partial charge in [0.2, 0.25) is 0 Å². The van der Waals surface area contributed by atoms with Crippen LogP contribution in [0.15, 0.2) is 0 Å². The minimum atomic E-state index is -0.538. The predicted octanol–water partition coefficient (Wildman–Crippen LogP) is 0.764. The zero-order chi connectivity index (χ0) is 10.4. The Balaban J connectivity index is 2.68. The van der Waals surface area contributed by atoms with Crippen LogP contribution in [-0.4, -0.2) is 45.3 Å². The number of nitrogens with one attached hydrogen (secondary N) is 1. The summed E-state index contributed by atoms with van der Waals surface area (Å²) < 4.78 is 16.9. The standard InChI is InChI=1S/C10H21NO3/c1-4-13-10(14-5-2)6-7-11-8-9(10)12-3/h9,11H,4-8H2,1-3H3. The summed E-state index contributed by atoms with van der Waals surface area (Å²) in [5.41, 5.74) is 0. The number of rotatable bonds is 5. The van der Waals surface area contributed by atoms with Gasteiger partial charge in [0.1, 0.15) is 6.10 Å². The molecule has 1 aliphatic heterocycles. The van der Waals surface area contributed by atoms with Crippen molar-refractivity contribution in [1.82, 2.24) is 5.32 Å². The minimum absolute atomic E-state index is 0.0175. The lowest BCUT2D eigenvalue weighted by atomic mass is 10.0. The average molecular weight is 203 g/mol. The average Bonchev–Trinajstić information content (AvgIpc) is 2.19. The Hall–Kier alpha value is -0.160. The summed E-state index contributed by atoms with van der Waals surface area (Å²) >= 11 is 0. The Bertz CT molecular complexity index is 152. The van der Waals surface area contributed by atoms with Crippen molar-refractivity contribution in [3.05, 3.63) is 0 Å². The molecule has 1 heterocycles. The Kier molecular flexibility index (Phi) is 4.81. The maximum atomic E-state index is 5.73. The van der Waals surface area contributed by atoms with Crippen LogP contribution < -0.4 is 5.32 Å². The molecule has 0 amide bonds. The lowest BCUT2D eigenvalue weighted by Gasteiger charge is -2.42. The van der Waals surface area contributed by atoms with E-state index in [2.05, 4.69) is 5.32 Å². The molecule has 4 heteroatoms. The predicted molar refractivity (Wildman–Crippen MR) is 54.3 cm³/mol. The first-order chi connectivity index (χ1) is 6.79. The molecule has 0 saturated carbocycles. The fourth-order valence-electron chi connectivity index (χ4n) is 1.94. The monoisotopic (exact) mass is 203 g/mol. The summed E-state index contributed by atoms with van der Waals surface area (Å²) in [5, 5.41) is 3.27. The van der Waals surface area contributed by atoms with Gasteiger partial charge in [0, 0.05) is 39.8 Å². The Morgan fingerprint density at radius 1 is 1.29 bits per heavy atom. The number of piperidine rings is 1. The van der Waals surface area contributed by atoms with Crippen molar-refractivity contribution in [2.75, 3.05) is 33.4 Å². The second-order valence-corrected chi connectivity index (χ2v) is 3.36. The highest BCUT2D eigenvalue weighted by molar-refractivity contribution is 4.87. The van der Waals surface area contributed by atoms with Gasteiger partial charge in [-0.2, -0.15) is 0 Å². The summed E-state index contributed by atoms with van der Waals surface area (Å²) in [6, 6.07) is 0. The summed E-state index contributed by atoms with van der Waals surface area (Å²) in [6.45, 7) is 6.97. The van der Waals surface area contributed by atoms with Gasteiger partial charge >= 0.3 is 0 Å². The zero-order valence-electron chi connectivity index (χ0n) is 9.34. The molecule has 0 aromatic rings. The van der Waals surface area contributed by atoms with Crippen LogP contribution in [-0.2, 0) is 14.2 Å². The van der Waals surface area contributed by atoms with E-state index in [0.29, 0.717) is 13.2 Å². The largest absolute Gasteiger partial charge is 0.375 e. The molecule has 0 spiro atoms. The van der Waals surface area contributed by atoms with E-state index < -0.39 is 5.79 Å². The van der Waals surface area contributed by atoms with Crippen molar-refractivity contribution in [3.63, 3.8) is 0 Å². The smallest absolute Gasteiger partial charge is 0.197 e. The highest BCUT2D eigenvalue weighted by Crippen LogP contribution is 2.26. The normalized spacial score (nSPS) is 26.4. The van der Waals surface area contributed by atoms with Gasteiger partial charge in [-0.15, -0.1) is 0 Å². The molecular weight excluding hydrogens is 182 g/mol. The van der Waals surface area contributed by atoms with Gasteiger partial charge in [0.25, 0.3) is 0 Å². The summed E-state index contributed by atoms with van der Waals surface area (Å²) in [7, 11) is 1.70. The molecule has 1 fully saturated rings. The lowest BCUT2D eigenvalue weighted by molar-refractivity contribution is -0.293. The first-order valence-electron chi connectivity index (χ1n) is 5.30. The first-order valence-corrected chi connectivity index (χ1v) is 5.30. The van der Waals surface area contributed by atoms with Gasteiger partial charge in [-0.3, -0.25) is 0 Å². The van der Waals surface area contributed by atoms with E-state index in [1.807, 2.05) is 13.8 Å². The molecular formula is C10H21NO3. The molecule has 1 rings (SSSR count). The maximum absolute atomic E-state index is 5.73. The lowest BCUT2D eigenvalue weighted by Crippen LogP contribution is -2.58. The molecule has 0 aromatic heterocycles. The van der Waals surface area contributed by atoms with Crippen LogP contribution in [0.5, 0.6) is 0 Å². The number of ether oxygens (including phenoxy) is 3. The van der Waals surface area contributed by atoms with Crippen molar-refractivity contribution in [2.24, 2.45) is 0 Å². The first kappa shape index (κ1) is 11.9. The molecule has 0 aliphatic carbocycles. The van der Waals surface area contributed by atoms with Crippen molar-refractivity contribution < 1.29 is 14.2 Å². The van der Waals surface area contributed by atoms with Crippen molar-refractivity contribution in [3.8, 4) is 0 Å². The van der Waals surface area contributed by atoms with E-state index in [4.69, 9.17) is 14.2 Å². The van der Waals surface area contributed by atoms with Crippen LogP contribution in [0.3, 0.4) is 0 Å². The third-order valence-electron chi connectivity index (χ3n) is 2.53. The molecule has 14 heavy (non-hydrogen) atoms. The molecule has 84 valence electrons. The van der Waals surface area contributed by atoms with Crippen LogP contribution >= 0.6 is 0 Å². The molecule has 0 aromatic carbocycles. The van der Waals surface area contributed by atoms with E-state index in [1.165, 1.54) is 0 Å². The molecule has 1 unspecified atom stereocenters. The molecule has 1 N–H and O–H groups in total. The van der Waals surface area contributed by atoms with Crippen molar-refractivity contribution in [2.45, 2.75) is 32.2 Å². The van der Waals surface area contributed by atoms with Gasteiger partial charge in [0.05, 0.1) is 0 Å². The van der Waals surface area contributed by atoms with Crippen LogP contribution in [0.1, 0.15) is 20.3 Å². The quantitative estimate of drug-likeness (QED) is 0.670. The summed E-state index contributed by atoms with van der Waals surface area (Å²) in [5.74, 6) is -0.538. The van der Waals surface area contributed by atoms with Gasteiger partial charge in [-0.1, -0.05) is 0 Å². The van der Waals surface area contributed by atoms with Crippen molar-refractivity contribution in [1.29, 1.82) is 0 Å². The van der Waals surface area contributed by atoms with Gasteiger partial charge < -0.3 is 19.5 Å². The fraction of sp³-hybridized carbons (Fsp3) is 1.00. The molecule has 0 bridgehead atoms. The number of methoxy groups -OCH3 is 1. The molecule has 1 atom stereocenters. The third kappa shape index (κ3) is 2.45. The number of hydrogen-bond donors (Lipinski definition) is 1. The highest BCUT2D eigenvalue weighted by atomic mass is 16.7. The van der Waals surface area contributed by atoms with Gasteiger partial charge in [-0.25, -0.2) is 0 Å². The van der Waals surface area contributed by atoms with E-state index in [1.54, 1.807) is 7.11 Å². The van der Waals surface area contributed by atoms with Crippen LogP contribution in [0, 0.1) is 0 Å². The van der Waals surface area contributed by atoms with Gasteiger partial charge in [0.15, 0.2) is 5.79 Å². The third-order valence-corrected chi connectivity index (χ3v) is 2.53. The molecule has 4 nitrogen and oxygen atoms in total. The van der Waals surface area contributed by atoms with Crippen LogP contribution in [0.4, 0.5) is 0 Å². The molecule has 1 saturated heterocycles. The minimum Gasteiger partial charge on any atom is -0.375 e. The van der Waals surface area contributed by atoms with Crippen LogP contribution in [0.2, 0.25) is 0 Å². The van der Waals surface area contributed by atoms with Crippen LogP contribution in [0.25, 0.3) is 0 Å². The Labute approximate surface area is 85.9 Å². The molecule has 0 radical (unpaired) electrons. The Morgan fingerprint density at radius 2 is 1.93 bits per heavy atom.